The number of para-hydroxylation sites is 1. The van der Waals surface area contributed by atoms with Gasteiger partial charge in [0.05, 0.1) is 5.52 Å². The summed E-state index contributed by atoms with van der Waals surface area (Å²) >= 11 is 4.88. The molecule has 2 N–H and O–H groups in total. The Hall–Kier alpha value is -1.55. The molecule has 13 heavy (non-hydrogen) atoms. The van der Waals surface area contributed by atoms with E-state index >= 15 is 0 Å². The van der Waals surface area contributed by atoms with Crippen molar-refractivity contribution in [3.05, 3.63) is 36.3 Å². The van der Waals surface area contributed by atoms with Crippen LogP contribution in [0, 0.1) is 0 Å². The minimum atomic E-state index is 0.304. The number of aromatic nitrogens is 2. The highest BCUT2D eigenvalue weighted by atomic mass is 32.1. The molecule has 0 spiro atoms. The molecule has 1 aromatic carbocycles. The number of hydrogen-bond acceptors (Lipinski definition) is 3. The first kappa shape index (κ1) is 8.07. The molecular weight excluding hydrogens is 182 g/mol. The van der Waals surface area contributed by atoms with Crippen LogP contribution < -0.4 is 5.73 Å². The zero-order chi connectivity index (χ0) is 9.26. The van der Waals surface area contributed by atoms with Gasteiger partial charge in [-0.25, -0.2) is 9.97 Å². The molecule has 0 saturated carbocycles. The molecular formula is C9H7N3S. The Kier molecular flexibility index (Phi) is 1.90. The summed E-state index contributed by atoms with van der Waals surface area (Å²) in [5.74, 6) is 0. The third-order valence-corrected chi connectivity index (χ3v) is 1.97. The van der Waals surface area contributed by atoms with Crippen molar-refractivity contribution in [3.8, 4) is 0 Å². The Bertz CT molecular complexity index is 462. The molecule has 4 heteroatoms. The highest BCUT2D eigenvalue weighted by Gasteiger charge is 2.03. The highest BCUT2D eigenvalue weighted by Crippen LogP contribution is 2.13. The number of nitrogens with zero attached hydrogens (tertiary/aromatic N) is 2. The molecule has 0 unspecified atom stereocenters. The molecule has 0 aliphatic carbocycles. The number of nitrogens with two attached hydrogens (primary N) is 1. The fourth-order valence-corrected chi connectivity index (χ4v) is 1.36. The normalized spacial score (nSPS) is 10.2. The van der Waals surface area contributed by atoms with Crippen LogP contribution in [0.4, 0.5) is 0 Å². The van der Waals surface area contributed by atoms with E-state index in [1.807, 2.05) is 24.3 Å². The summed E-state index contributed by atoms with van der Waals surface area (Å²) in [6.45, 7) is 0. The number of benzene rings is 1. The summed E-state index contributed by atoms with van der Waals surface area (Å²) in [5.41, 5.74) is 7.02. The highest BCUT2D eigenvalue weighted by molar-refractivity contribution is 7.80. The number of hydrogen-bond donors (Lipinski definition) is 1. The third-order valence-electron chi connectivity index (χ3n) is 1.78. The summed E-state index contributed by atoms with van der Waals surface area (Å²) in [5, 5.41) is 0.900. The van der Waals surface area contributed by atoms with Gasteiger partial charge in [-0.15, -0.1) is 0 Å². The quantitative estimate of drug-likeness (QED) is 0.686. The molecule has 0 atom stereocenters. The molecule has 0 aliphatic heterocycles. The Morgan fingerprint density at radius 3 is 2.77 bits per heavy atom. The van der Waals surface area contributed by atoms with Crippen molar-refractivity contribution < 1.29 is 0 Å². The zero-order valence-corrected chi connectivity index (χ0v) is 7.58. The Morgan fingerprint density at radius 1 is 1.23 bits per heavy atom. The largest absolute Gasteiger partial charge is 0.388 e. The van der Waals surface area contributed by atoms with E-state index in [4.69, 9.17) is 18.0 Å². The van der Waals surface area contributed by atoms with Crippen LogP contribution >= 0.6 is 12.2 Å². The van der Waals surface area contributed by atoms with Crippen molar-refractivity contribution in [1.82, 2.24) is 9.97 Å². The molecule has 0 saturated heterocycles. The van der Waals surface area contributed by atoms with E-state index in [-0.39, 0.29) is 0 Å². The lowest BCUT2D eigenvalue weighted by molar-refractivity contribution is 1.20. The predicted molar refractivity (Wildman–Crippen MR) is 55.4 cm³/mol. The fraction of sp³-hybridized carbons (Fsp3) is 0. The number of thiocarbonyl (C=S) groups is 1. The van der Waals surface area contributed by atoms with E-state index in [2.05, 4.69) is 9.97 Å². The molecule has 1 heterocycles. The monoisotopic (exact) mass is 189 g/mol. The summed E-state index contributed by atoms with van der Waals surface area (Å²) in [7, 11) is 0. The summed E-state index contributed by atoms with van der Waals surface area (Å²) in [4.78, 5) is 8.43. The van der Waals surface area contributed by atoms with Crippen LogP contribution in [0.2, 0.25) is 0 Å². The van der Waals surface area contributed by atoms with Gasteiger partial charge in [-0.1, -0.05) is 30.4 Å². The van der Waals surface area contributed by atoms with Crippen LogP contribution in [0.5, 0.6) is 0 Å². The molecule has 0 bridgehead atoms. The van der Waals surface area contributed by atoms with Gasteiger partial charge in [-0.05, 0) is 6.07 Å². The minimum absolute atomic E-state index is 0.304. The molecule has 0 fully saturated rings. The molecule has 0 radical (unpaired) electrons. The lowest BCUT2D eigenvalue weighted by atomic mass is 10.2. The van der Waals surface area contributed by atoms with E-state index in [1.54, 1.807) is 0 Å². The van der Waals surface area contributed by atoms with Crippen LogP contribution in [0.25, 0.3) is 10.9 Å². The maximum Gasteiger partial charge on any atom is 0.123 e. The third kappa shape index (κ3) is 1.36. The van der Waals surface area contributed by atoms with Gasteiger partial charge in [-0.3, -0.25) is 0 Å². The Labute approximate surface area is 80.6 Å². The standard InChI is InChI=1S/C9H7N3S/c10-9(13)8-6-3-1-2-4-7(6)11-5-12-8/h1-5H,(H2,10,13). The maximum atomic E-state index is 5.52. The summed E-state index contributed by atoms with van der Waals surface area (Å²) in [6, 6.07) is 7.63. The first-order valence-electron chi connectivity index (χ1n) is 3.78. The summed E-state index contributed by atoms with van der Waals surface area (Å²) in [6.07, 6.45) is 1.47. The first-order valence-corrected chi connectivity index (χ1v) is 4.19. The topological polar surface area (TPSA) is 51.8 Å². The van der Waals surface area contributed by atoms with Crippen LogP contribution in [0.3, 0.4) is 0 Å². The van der Waals surface area contributed by atoms with Crippen LogP contribution in [0.1, 0.15) is 5.69 Å². The molecule has 1 aromatic heterocycles. The minimum Gasteiger partial charge on any atom is -0.388 e. The average molecular weight is 189 g/mol. The second kappa shape index (κ2) is 3.06. The van der Waals surface area contributed by atoms with Gasteiger partial charge in [0.2, 0.25) is 0 Å². The van der Waals surface area contributed by atoms with E-state index in [0.29, 0.717) is 10.7 Å². The summed E-state index contributed by atoms with van der Waals surface area (Å²) < 4.78 is 0. The lowest BCUT2D eigenvalue weighted by Crippen LogP contribution is -2.12. The van der Waals surface area contributed by atoms with E-state index < -0.39 is 0 Å². The maximum absolute atomic E-state index is 5.52. The SMILES string of the molecule is NC(=S)c1ncnc2ccccc12. The van der Waals surface area contributed by atoms with Gasteiger partial charge in [0.1, 0.15) is 17.0 Å². The van der Waals surface area contributed by atoms with Crippen LogP contribution in [-0.4, -0.2) is 15.0 Å². The average Bonchev–Trinajstić information content (AvgIpc) is 2.17. The van der Waals surface area contributed by atoms with Crippen molar-refractivity contribution >= 4 is 28.1 Å². The smallest absolute Gasteiger partial charge is 0.123 e. The number of rotatable bonds is 1. The molecule has 0 aliphatic rings. The molecule has 2 rings (SSSR count). The molecule has 0 amide bonds. The van der Waals surface area contributed by atoms with E-state index in [0.717, 1.165) is 10.9 Å². The van der Waals surface area contributed by atoms with Gasteiger partial charge in [0, 0.05) is 5.39 Å². The molecule has 64 valence electrons. The van der Waals surface area contributed by atoms with Gasteiger partial charge in [-0.2, -0.15) is 0 Å². The first-order chi connectivity index (χ1) is 6.29. The second-order valence-corrected chi connectivity index (χ2v) is 3.04. The zero-order valence-electron chi connectivity index (χ0n) is 6.77. The van der Waals surface area contributed by atoms with Crippen molar-refractivity contribution in [3.63, 3.8) is 0 Å². The van der Waals surface area contributed by atoms with Gasteiger partial charge in [0.25, 0.3) is 0 Å². The lowest BCUT2D eigenvalue weighted by Gasteiger charge is -2.01. The van der Waals surface area contributed by atoms with Gasteiger partial charge < -0.3 is 5.73 Å². The van der Waals surface area contributed by atoms with Crippen molar-refractivity contribution in [1.29, 1.82) is 0 Å². The van der Waals surface area contributed by atoms with Crippen molar-refractivity contribution in [2.24, 2.45) is 5.73 Å². The fourth-order valence-electron chi connectivity index (χ4n) is 1.20. The van der Waals surface area contributed by atoms with E-state index in [9.17, 15) is 0 Å². The number of fused-ring (bicyclic) bond motifs is 1. The predicted octanol–water partition coefficient (Wildman–Crippen LogP) is 1.26. The molecule has 2 aromatic rings. The van der Waals surface area contributed by atoms with Crippen LogP contribution in [0.15, 0.2) is 30.6 Å². The Morgan fingerprint density at radius 2 is 2.00 bits per heavy atom. The van der Waals surface area contributed by atoms with Gasteiger partial charge >= 0.3 is 0 Å². The second-order valence-electron chi connectivity index (χ2n) is 2.60. The van der Waals surface area contributed by atoms with Gasteiger partial charge in [0.15, 0.2) is 0 Å². The van der Waals surface area contributed by atoms with Crippen LogP contribution in [-0.2, 0) is 0 Å². The van der Waals surface area contributed by atoms with Crippen molar-refractivity contribution in [2.75, 3.05) is 0 Å². The van der Waals surface area contributed by atoms with Crippen molar-refractivity contribution in [2.45, 2.75) is 0 Å². The molecule has 3 nitrogen and oxygen atoms in total. The Balaban J connectivity index is 2.83. The van der Waals surface area contributed by atoms with E-state index in [1.165, 1.54) is 6.33 Å².